The second-order valence-electron chi connectivity index (χ2n) is 5.37. The molecule has 0 saturated heterocycles. The molecule has 0 unspecified atom stereocenters. The van der Waals surface area contributed by atoms with Crippen molar-refractivity contribution in [3.63, 3.8) is 0 Å². The molecule has 0 heterocycles. The number of hydrogen-bond acceptors (Lipinski definition) is 4. The van der Waals surface area contributed by atoms with Gasteiger partial charge in [-0.05, 0) is 45.0 Å². The van der Waals surface area contributed by atoms with Crippen molar-refractivity contribution in [2.75, 3.05) is 44.8 Å². The highest BCUT2D eigenvalue weighted by atomic mass is 16.5. The Kier molecular flexibility index (Phi) is 10.1. The van der Waals surface area contributed by atoms with Gasteiger partial charge in [-0.15, -0.1) is 0 Å². The zero-order valence-electron chi connectivity index (χ0n) is 14.6. The summed E-state index contributed by atoms with van der Waals surface area (Å²) in [6, 6.07) is 7.50. The molecule has 0 aliphatic carbocycles. The topological polar surface area (TPSA) is 50.8 Å². The van der Waals surface area contributed by atoms with Crippen molar-refractivity contribution in [1.29, 1.82) is 0 Å². The summed E-state index contributed by atoms with van der Waals surface area (Å²) in [6.45, 7) is 10.2. The lowest BCUT2D eigenvalue weighted by Gasteiger charge is -2.20. The van der Waals surface area contributed by atoms with Crippen LogP contribution in [0.3, 0.4) is 0 Å². The van der Waals surface area contributed by atoms with E-state index in [0.717, 1.165) is 25.9 Å². The quantitative estimate of drug-likeness (QED) is 0.601. The van der Waals surface area contributed by atoms with Crippen LogP contribution in [0, 0.1) is 0 Å². The average Bonchev–Trinajstić information content (AvgIpc) is 2.53. The molecule has 130 valence electrons. The van der Waals surface area contributed by atoms with Crippen LogP contribution in [0.25, 0.3) is 0 Å². The van der Waals surface area contributed by atoms with Crippen LogP contribution in [-0.2, 0) is 9.53 Å². The molecular formula is C18H30N2O3. The van der Waals surface area contributed by atoms with Crippen LogP contribution >= 0.6 is 0 Å². The Morgan fingerprint density at radius 3 is 2.43 bits per heavy atom. The third-order valence-corrected chi connectivity index (χ3v) is 3.30. The number of amides is 1. The minimum atomic E-state index is -0.00671. The Morgan fingerprint density at radius 2 is 1.78 bits per heavy atom. The first-order chi connectivity index (χ1) is 11.2. The van der Waals surface area contributed by atoms with Crippen molar-refractivity contribution in [3.8, 4) is 5.75 Å². The Balaban J connectivity index is 2.56. The molecule has 0 saturated carbocycles. The number of hydrogen-bond donors (Lipinski definition) is 1. The molecular weight excluding hydrogens is 292 g/mol. The van der Waals surface area contributed by atoms with Gasteiger partial charge in [0.25, 0.3) is 0 Å². The highest BCUT2D eigenvalue weighted by Crippen LogP contribution is 2.23. The molecule has 1 amide bonds. The molecule has 0 spiro atoms. The van der Waals surface area contributed by atoms with Gasteiger partial charge in [-0.25, -0.2) is 0 Å². The van der Waals surface area contributed by atoms with Crippen LogP contribution in [0.2, 0.25) is 0 Å². The second kappa shape index (κ2) is 11.9. The maximum Gasteiger partial charge on any atom is 0.238 e. The summed E-state index contributed by atoms with van der Waals surface area (Å²) in [6.07, 6.45) is 2.09. The standard InChI is InChI=1S/C18H30N2O3/c1-4-11-20(12-5-2)15-18(21)19-16-9-7-8-10-17(16)23-14-13-22-6-3/h7-10H,4-6,11-15H2,1-3H3,(H,19,21). The number of rotatable bonds is 12. The van der Waals surface area contributed by atoms with E-state index in [1.165, 1.54) is 0 Å². The van der Waals surface area contributed by atoms with Crippen LogP contribution in [0.1, 0.15) is 33.6 Å². The molecule has 1 aromatic rings. The highest BCUT2D eigenvalue weighted by molar-refractivity contribution is 5.93. The molecule has 5 nitrogen and oxygen atoms in total. The highest BCUT2D eigenvalue weighted by Gasteiger charge is 2.11. The van der Waals surface area contributed by atoms with E-state index in [2.05, 4.69) is 24.1 Å². The summed E-state index contributed by atoms with van der Waals surface area (Å²) in [7, 11) is 0. The lowest BCUT2D eigenvalue weighted by Crippen LogP contribution is -2.34. The number of nitrogens with one attached hydrogen (secondary N) is 1. The lowest BCUT2D eigenvalue weighted by atomic mass is 10.3. The van der Waals surface area contributed by atoms with Crippen molar-refractivity contribution >= 4 is 11.6 Å². The van der Waals surface area contributed by atoms with E-state index in [0.29, 0.717) is 37.8 Å². The van der Waals surface area contributed by atoms with E-state index in [-0.39, 0.29) is 5.91 Å². The first kappa shape index (κ1) is 19.5. The van der Waals surface area contributed by atoms with Gasteiger partial charge in [0, 0.05) is 6.61 Å². The molecule has 0 aromatic heterocycles. The summed E-state index contributed by atoms with van der Waals surface area (Å²) in [5.41, 5.74) is 0.710. The van der Waals surface area contributed by atoms with E-state index in [9.17, 15) is 4.79 Å². The van der Waals surface area contributed by atoms with Gasteiger partial charge in [0.05, 0.1) is 18.8 Å². The second-order valence-corrected chi connectivity index (χ2v) is 5.37. The summed E-state index contributed by atoms with van der Waals surface area (Å²) < 4.78 is 11.0. The van der Waals surface area contributed by atoms with E-state index in [1.807, 2.05) is 31.2 Å². The van der Waals surface area contributed by atoms with E-state index in [1.54, 1.807) is 0 Å². The molecule has 23 heavy (non-hydrogen) atoms. The van der Waals surface area contributed by atoms with Gasteiger partial charge in [-0.1, -0.05) is 26.0 Å². The minimum absolute atomic E-state index is 0.00671. The summed E-state index contributed by atoms with van der Waals surface area (Å²) in [5.74, 6) is 0.672. The normalized spacial score (nSPS) is 10.8. The lowest BCUT2D eigenvalue weighted by molar-refractivity contribution is -0.117. The number of benzene rings is 1. The van der Waals surface area contributed by atoms with Gasteiger partial charge in [-0.2, -0.15) is 0 Å². The molecule has 0 atom stereocenters. The summed E-state index contributed by atoms with van der Waals surface area (Å²) in [4.78, 5) is 14.4. The number of nitrogens with zero attached hydrogens (tertiary/aromatic N) is 1. The predicted octanol–water partition coefficient (Wildman–Crippen LogP) is 3.16. The Hall–Kier alpha value is -1.59. The van der Waals surface area contributed by atoms with Crippen LogP contribution in [-0.4, -0.2) is 50.3 Å². The minimum Gasteiger partial charge on any atom is -0.489 e. The average molecular weight is 322 g/mol. The third kappa shape index (κ3) is 8.00. The van der Waals surface area contributed by atoms with Gasteiger partial charge < -0.3 is 14.8 Å². The molecule has 0 aliphatic heterocycles. The molecule has 0 fully saturated rings. The maximum atomic E-state index is 12.3. The first-order valence-electron chi connectivity index (χ1n) is 8.53. The molecule has 1 rings (SSSR count). The summed E-state index contributed by atoms with van der Waals surface area (Å²) >= 11 is 0. The zero-order chi connectivity index (χ0) is 16.9. The SMILES string of the molecule is CCCN(CCC)CC(=O)Nc1ccccc1OCCOCC. The van der Waals surface area contributed by atoms with E-state index in [4.69, 9.17) is 9.47 Å². The van der Waals surface area contributed by atoms with Crippen LogP contribution in [0.15, 0.2) is 24.3 Å². The van der Waals surface area contributed by atoms with Crippen LogP contribution in [0.4, 0.5) is 5.69 Å². The first-order valence-corrected chi connectivity index (χ1v) is 8.53. The van der Waals surface area contributed by atoms with Crippen molar-refractivity contribution in [2.24, 2.45) is 0 Å². The van der Waals surface area contributed by atoms with Gasteiger partial charge in [0.1, 0.15) is 12.4 Å². The van der Waals surface area contributed by atoms with E-state index < -0.39 is 0 Å². The number of ether oxygens (including phenoxy) is 2. The Bertz CT molecular complexity index is 446. The predicted molar refractivity (Wildman–Crippen MR) is 94.1 cm³/mol. The largest absolute Gasteiger partial charge is 0.489 e. The molecule has 0 radical (unpaired) electrons. The van der Waals surface area contributed by atoms with E-state index >= 15 is 0 Å². The fourth-order valence-corrected chi connectivity index (χ4v) is 2.35. The Morgan fingerprint density at radius 1 is 1.09 bits per heavy atom. The van der Waals surface area contributed by atoms with Crippen LogP contribution in [0.5, 0.6) is 5.75 Å². The fourth-order valence-electron chi connectivity index (χ4n) is 2.35. The Labute approximate surface area is 140 Å². The molecule has 1 aromatic carbocycles. The van der Waals surface area contributed by atoms with Gasteiger partial charge >= 0.3 is 0 Å². The third-order valence-electron chi connectivity index (χ3n) is 3.30. The molecule has 0 bridgehead atoms. The number of anilines is 1. The number of carbonyl (C=O) groups excluding carboxylic acids is 1. The van der Waals surface area contributed by atoms with Gasteiger partial charge in [-0.3, -0.25) is 9.69 Å². The van der Waals surface area contributed by atoms with Crippen LogP contribution < -0.4 is 10.1 Å². The smallest absolute Gasteiger partial charge is 0.238 e. The molecule has 0 aliphatic rings. The van der Waals surface area contributed by atoms with Gasteiger partial charge in [0.2, 0.25) is 5.91 Å². The van der Waals surface area contributed by atoms with Gasteiger partial charge in [0.15, 0.2) is 0 Å². The number of para-hydroxylation sites is 2. The molecule has 5 heteroatoms. The number of carbonyl (C=O) groups is 1. The molecule has 1 N–H and O–H groups in total. The van der Waals surface area contributed by atoms with Crippen molar-refractivity contribution < 1.29 is 14.3 Å². The van der Waals surface area contributed by atoms with Crippen molar-refractivity contribution in [2.45, 2.75) is 33.6 Å². The van der Waals surface area contributed by atoms with Crippen molar-refractivity contribution in [3.05, 3.63) is 24.3 Å². The zero-order valence-corrected chi connectivity index (χ0v) is 14.6. The monoisotopic (exact) mass is 322 g/mol. The van der Waals surface area contributed by atoms with Crippen molar-refractivity contribution in [1.82, 2.24) is 4.90 Å². The summed E-state index contributed by atoms with van der Waals surface area (Å²) in [5, 5.41) is 2.95. The maximum absolute atomic E-state index is 12.3. The fraction of sp³-hybridized carbons (Fsp3) is 0.611.